The van der Waals surface area contributed by atoms with Crippen LogP contribution in [0.1, 0.15) is 44.4 Å². The molecule has 0 aliphatic carbocycles. The molecule has 7 nitrogen and oxygen atoms in total. The van der Waals surface area contributed by atoms with Crippen molar-refractivity contribution in [1.29, 1.82) is 0 Å². The molecule has 0 saturated carbocycles. The number of benzene rings is 2. The van der Waals surface area contributed by atoms with Crippen molar-refractivity contribution >= 4 is 28.8 Å². The van der Waals surface area contributed by atoms with E-state index in [0.717, 1.165) is 11.1 Å². The lowest BCUT2D eigenvalue weighted by molar-refractivity contribution is -0.143. The molecule has 4 rings (SSSR count). The predicted octanol–water partition coefficient (Wildman–Crippen LogP) is 4.88. The van der Waals surface area contributed by atoms with Gasteiger partial charge >= 0.3 is 5.97 Å². The molecule has 0 spiro atoms. The summed E-state index contributed by atoms with van der Waals surface area (Å²) in [6.45, 7) is 5.76. The number of rotatable bonds is 7. The summed E-state index contributed by atoms with van der Waals surface area (Å²) in [7, 11) is 1.57. The average molecular weight is 481 g/mol. The Balaban J connectivity index is 1.72. The van der Waals surface area contributed by atoms with Gasteiger partial charge in [-0.2, -0.15) is 0 Å². The highest BCUT2D eigenvalue weighted by molar-refractivity contribution is 8.14. The quantitative estimate of drug-likeness (QED) is 0.526. The molecule has 0 unspecified atom stereocenters. The van der Waals surface area contributed by atoms with E-state index in [0.29, 0.717) is 46.7 Å². The second-order valence-corrected chi connectivity index (χ2v) is 9.36. The van der Waals surface area contributed by atoms with Crippen LogP contribution in [0.3, 0.4) is 0 Å². The molecule has 1 amide bonds. The van der Waals surface area contributed by atoms with Crippen LogP contribution < -0.4 is 9.47 Å². The lowest BCUT2D eigenvalue weighted by Crippen LogP contribution is -2.46. The fourth-order valence-electron chi connectivity index (χ4n) is 3.96. The van der Waals surface area contributed by atoms with Crippen LogP contribution in [0, 0.1) is 0 Å². The van der Waals surface area contributed by atoms with Crippen LogP contribution in [0.5, 0.6) is 11.5 Å². The second kappa shape index (κ2) is 10.3. The monoisotopic (exact) mass is 480 g/mol. The van der Waals surface area contributed by atoms with Gasteiger partial charge in [-0.05, 0) is 44.0 Å². The topological polar surface area (TPSA) is 77.4 Å². The zero-order chi connectivity index (χ0) is 24.2. The first kappa shape index (κ1) is 23.9. The maximum Gasteiger partial charge on any atom is 0.338 e. The molecule has 0 N–H and O–H groups in total. The average Bonchev–Trinajstić information content (AvgIpc) is 2.82. The van der Waals surface area contributed by atoms with Crippen molar-refractivity contribution in [3.05, 3.63) is 70.9 Å². The summed E-state index contributed by atoms with van der Waals surface area (Å²) in [5.74, 6) is 1.20. The molecular formula is C26H28N2O5S. The van der Waals surface area contributed by atoms with Crippen molar-refractivity contribution in [1.82, 2.24) is 4.90 Å². The predicted molar refractivity (Wildman–Crippen MR) is 132 cm³/mol. The van der Waals surface area contributed by atoms with Gasteiger partial charge in [-0.1, -0.05) is 48.2 Å². The van der Waals surface area contributed by atoms with Crippen molar-refractivity contribution in [2.75, 3.05) is 12.9 Å². The highest BCUT2D eigenvalue weighted by Gasteiger charge is 2.42. The van der Waals surface area contributed by atoms with E-state index >= 15 is 0 Å². The van der Waals surface area contributed by atoms with E-state index in [1.807, 2.05) is 48.5 Å². The van der Waals surface area contributed by atoms with Crippen molar-refractivity contribution in [2.45, 2.75) is 45.9 Å². The molecule has 1 fully saturated rings. The number of amidine groups is 1. The third kappa shape index (κ3) is 4.97. The van der Waals surface area contributed by atoms with Crippen LogP contribution in [0.2, 0.25) is 0 Å². The number of hydrogen-bond donors (Lipinski definition) is 0. The number of methoxy groups -OCH3 is 1. The summed E-state index contributed by atoms with van der Waals surface area (Å²) >= 11 is 1.51. The number of carbonyl (C=O) groups excluding carboxylic acids is 2. The summed E-state index contributed by atoms with van der Waals surface area (Å²) in [6.07, 6.45) is 0.0785. The SMILES string of the molecule is COc1cc([C@@H]2C(C(=O)OC(C)C)=C(C)N=C3SCCC(=O)N32)ccc1OCc1ccccc1. The second-order valence-electron chi connectivity index (χ2n) is 8.30. The zero-order valence-corrected chi connectivity index (χ0v) is 20.6. The zero-order valence-electron chi connectivity index (χ0n) is 19.7. The third-order valence-corrected chi connectivity index (χ3v) is 6.46. The van der Waals surface area contributed by atoms with E-state index in [1.165, 1.54) is 11.8 Å². The summed E-state index contributed by atoms with van der Waals surface area (Å²) in [6, 6.07) is 14.7. The molecule has 2 aromatic carbocycles. The van der Waals surface area contributed by atoms with Crippen molar-refractivity contribution in [3.8, 4) is 11.5 Å². The van der Waals surface area contributed by atoms with Crippen LogP contribution >= 0.6 is 11.8 Å². The molecule has 1 atom stereocenters. The fraction of sp³-hybridized carbons (Fsp3) is 0.346. The van der Waals surface area contributed by atoms with E-state index in [2.05, 4.69) is 4.99 Å². The number of allylic oxidation sites excluding steroid dienone is 1. The molecular weight excluding hydrogens is 452 g/mol. The van der Waals surface area contributed by atoms with Gasteiger partial charge in [0.05, 0.1) is 30.5 Å². The van der Waals surface area contributed by atoms with Gasteiger partial charge in [0.15, 0.2) is 16.7 Å². The van der Waals surface area contributed by atoms with Gasteiger partial charge in [-0.3, -0.25) is 9.69 Å². The number of esters is 1. The Morgan fingerprint density at radius 2 is 1.94 bits per heavy atom. The van der Waals surface area contributed by atoms with Gasteiger partial charge in [0.25, 0.3) is 0 Å². The highest BCUT2D eigenvalue weighted by Crippen LogP contribution is 2.42. The molecule has 2 heterocycles. The summed E-state index contributed by atoms with van der Waals surface area (Å²) in [5, 5.41) is 0.600. The molecule has 2 aliphatic heterocycles. The third-order valence-electron chi connectivity index (χ3n) is 5.51. The number of thioether (sulfide) groups is 1. The Hall–Kier alpha value is -3.26. The lowest BCUT2D eigenvalue weighted by Gasteiger charge is -2.39. The van der Waals surface area contributed by atoms with Crippen LogP contribution in [0.15, 0.2) is 64.8 Å². The maximum absolute atomic E-state index is 13.1. The van der Waals surface area contributed by atoms with E-state index in [9.17, 15) is 9.59 Å². The fourth-order valence-corrected chi connectivity index (χ4v) is 4.97. The van der Waals surface area contributed by atoms with Crippen LogP contribution in [0.4, 0.5) is 0 Å². The summed E-state index contributed by atoms with van der Waals surface area (Å²) in [4.78, 5) is 32.3. The molecule has 1 saturated heterocycles. The largest absolute Gasteiger partial charge is 0.493 e. The van der Waals surface area contributed by atoms with Crippen LogP contribution in [-0.4, -0.2) is 40.9 Å². The van der Waals surface area contributed by atoms with E-state index in [1.54, 1.807) is 32.8 Å². The minimum absolute atomic E-state index is 0.0757. The summed E-state index contributed by atoms with van der Waals surface area (Å²) in [5.41, 5.74) is 2.66. The Morgan fingerprint density at radius 3 is 2.65 bits per heavy atom. The molecule has 2 aliphatic rings. The van der Waals surface area contributed by atoms with Crippen molar-refractivity contribution < 1.29 is 23.8 Å². The molecule has 8 heteroatoms. The Labute approximate surface area is 203 Å². The van der Waals surface area contributed by atoms with E-state index in [4.69, 9.17) is 14.2 Å². The van der Waals surface area contributed by atoms with Crippen LogP contribution in [0.25, 0.3) is 0 Å². The van der Waals surface area contributed by atoms with E-state index < -0.39 is 12.0 Å². The van der Waals surface area contributed by atoms with Crippen molar-refractivity contribution in [2.24, 2.45) is 4.99 Å². The number of amides is 1. The van der Waals surface area contributed by atoms with Gasteiger partial charge in [-0.25, -0.2) is 9.79 Å². The number of ether oxygens (including phenoxy) is 3. The Kier molecular flexibility index (Phi) is 7.26. The molecule has 2 aromatic rings. The molecule has 34 heavy (non-hydrogen) atoms. The minimum Gasteiger partial charge on any atom is -0.493 e. The number of fused-ring (bicyclic) bond motifs is 1. The first-order chi connectivity index (χ1) is 16.4. The number of hydrogen-bond acceptors (Lipinski definition) is 7. The van der Waals surface area contributed by atoms with E-state index in [-0.39, 0.29) is 12.0 Å². The van der Waals surface area contributed by atoms with Gasteiger partial charge < -0.3 is 14.2 Å². The highest BCUT2D eigenvalue weighted by atomic mass is 32.2. The smallest absolute Gasteiger partial charge is 0.338 e. The Morgan fingerprint density at radius 1 is 1.18 bits per heavy atom. The Bertz CT molecular complexity index is 1140. The first-order valence-electron chi connectivity index (χ1n) is 11.2. The normalized spacial score (nSPS) is 17.9. The minimum atomic E-state index is -0.656. The van der Waals surface area contributed by atoms with Crippen molar-refractivity contribution in [3.63, 3.8) is 0 Å². The van der Waals surface area contributed by atoms with Gasteiger partial charge in [0, 0.05) is 12.2 Å². The maximum atomic E-state index is 13.1. The molecule has 0 radical (unpaired) electrons. The van der Waals surface area contributed by atoms with Gasteiger partial charge in [0.2, 0.25) is 5.91 Å². The number of nitrogens with zero attached hydrogens (tertiary/aromatic N) is 2. The molecule has 0 aromatic heterocycles. The lowest BCUT2D eigenvalue weighted by atomic mass is 9.93. The number of carbonyl (C=O) groups is 2. The first-order valence-corrected chi connectivity index (χ1v) is 12.2. The molecule has 178 valence electrons. The molecule has 0 bridgehead atoms. The summed E-state index contributed by atoms with van der Waals surface area (Å²) < 4.78 is 17.1. The van der Waals surface area contributed by atoms with Crippen LogP contribution in [-0.2, 0) is 20.9 Å². The number of aliphatic imine (C=N–C) groups is 1. The standard InChI is InChI=1S/C26H28N2O5S/c1-16(2)33-25(30)23-17(3)27-26-28(22(29)12-13-34-26)24(23)19-10-11-20(21(14-19)31-4)32-15-18-8-6-5-7-9-18/h5-11,14,16,24H,12-13,15H2,1-4H3/t24-/m1/s1. The van der Waals surface area contributed by atoms with Gasteiger partial charge in [0.1, 0.15) is 6.61 Å². The van der Waals surface area contributed by atoms with Gasteiger partial charge in [-0.15, -0.1) is 0 Å².